The Kier molecular flexibility index (Phi) is 6.00. The van der Waals surface area contributed by atoms with Gasteiger partial charge in [-0.05, 0) is 42.5 Å². The topological polar surface area (TPSA) is 108 Å². The van der Waals surface area contributed by atoms with Crippen LogP contribution >= 0.6 is 11.8 Å². The first-order chi connectivity index (χ1) is 13.5. The number of ether oxygens (including phenoxy) is 1. The third kappa shape index (κ3) is 4.72. The van der Waals surface area contributed by atoms with Gasteiger partial charge in [-0.25, -0.2) is 9.79 Å². The van der Waals surface area contributed by atoms with E-state index < -0.39 is 12.1 Å². The number of hydrogen-bond donors (Lipinski definition) is 3. The van der Waals surface area contributed by atoms with E-state index in [2.05, 4.69) is 10.3 Å². The third-order valence-corrected chi connectivity index (χ3v) is 4.74. The summed E-state index contributed by atoms with van der Waals surface area (Å²) in [6.07, 6.45) is 0.984. The number of nitrogens with one attached hydrogen (secondary N) is 1. The summed E-state index contributed by atoms with van der Waals surface area (Å²) in [6, 6.07) is 13.3. The fourth-order valence-electron chi connectivity index (χ4n) is 2.47. The van der Waals surface area contributed by atoms with Crippen LogP contribution in [0.2, 0.25) is 0 Å². The average Bonchev–Trinajstić information content (AvgIpc) is 2.99. The van der Waals surface area contributed by atoms with Gasteiger partial charge in [0.05, 0.1) is 10.6 Å². The summed E-state index contributed by atoms with van der Waals surface area (Å²) in [5.41, 5.74) is 1.11. The number of carboxylic acid groups (broad SMARTS) is 1. The summed E-state index contributed by atoms with van der Waals surface area (Å²) in [5, 5.41) is 21.8. The van der Waals surface area contributed by atoms with Crippen molar-refractivity contribution < 1.29 is 24.5 Å². The van der Waals surface area contributed by atoms with E-state index in [0.717, 1.165) is 11.8 Å². The second-order valence-corrected chi connectivity index (χ2v) is 6.92. The van der Waals surface area contributed by atoms with E-state index >= 15 is 0 Å². The molecule has 3 rings (SSSR count). The predicted octanol–water partition coefficient (Wildman–Crippen LogP) is 3.53. The molecule has 2 aromatic carbocycles. The number of carboxylic acids is 1. The monoisotopic (exact) mass is 398 g/mol. The van der Waals surface area contributed by atoms with Crippen molar-refractivity contribution >= 4 is 40.6 Å². The van der Waals surface area contributed by atoms with Gasteiger partial charge in [0.2, 0.25) is 0 Å². The number of phenolic OH excluding ortho intramolecular Hbond substituents is 1. The van der Waals surface area contributed by atoms with Gasteiger partial charge < -0.3 is 20.3 Å². The fraction of sp³-hybridized carbons (Fsp3) is 0.150. The average molecular weight is 398 g/mol. The molecule has 1 saturated heterocycles. The molecule has 0 spiro atoms. The highest BCUT2D eigenvalue weighted by Crippen LogP contribution is 2.31. The number of phenols is 1. The smallest absolute Gasteiger partial charge is 0.344 e. The van der Waals surface area contributed by atoms with Crippen LogP contribution in [0.15, 0.2) is 58.4 Å². The predicted molar refractivity (Wildman–Crippen MR) is 108 cm³/mol. The first kappa shape index (κ1) is 19.5. The van der Waals surface area contributed by atoms with Gasteiger partial charge in [-0.3, -0.25) is 4.79 Å². The van der Waals surface area contributed by atoms with Crippen LogP contribution in [0.25, 0.3) is 6.08 Å². The van der Waals surface area contributed by atoms with Crippen LogP contribution in [0.4, 0.5) is 5.69 Å². The zero-order valence-corrected chi connectivity index (χ0v) is 15.8. The molecule has 144 valence electrons. The molecule has 3 N–H and O–H groups in total. The number of para-hydroxylation sites is 1. The Balaban J connectivity index is 1.84. The lowest BCUT2D eigenvalue weighted by atomic mass is 10.1. The maximum Gasteiger partial charge on any atom is 0.344 e. The first-order valence-corrected chi connectivity index (χ1v) is 9.35. The molecule has 1 amide bonds. The van der Waals surface area contributed by atoms with E-state index in [-0.39, 0.29) is 11.7 Å². The first-order valence-electron chi connectivity index (χ1n) is 8.53. The Morgan fingerprint density at radius 2 is 2.07 bits per heavy atom. The Labute approximate surface area is 165 Å². The highest BCUT2D eigenvalue weighted by atomic mass is 32.2. The van der Waals surface area contributed by atoms with E-state index in [9.17, 15) is 19.8 Å². The van der Waals surface area contributed by atoms with Crippen molar-refractivity contribution in [1.29, 1.82) is 0 Å². The number of aromatic hydroxyl groups is 1. The van der Waals surface area contributed by atoms with Gasteiger partial charge in [-0.2, -0.15) is 0 Å². The Hall–Kier alpha value is -3.26. The van der Waals surface area contributed by atoms with E-state index in [1.54, 1.807) is 49.4 Å². The number of carbonyl (C=O) groups excluding carboxylic acids is 1. The van der Waals surface area contributed by atoms with Crippen molar-refractivity contribution in [2.24, 2.45) is 4.99 Å². The van der Waals surface area contributed by atoms with Gasteiger partial charge in [0.15, 0.2) is 11.3 Å². The van der Waals surface area contributed by atoms with Gasteiger partial charge >= 0.3 is 5.97 Å². The maximum atomic E-state index is 12.3. The largest absolute Gasteiger partial charge is 0.508 e. The van der Waals surface area contributed by atoms with Crippen LogP contribution < -0.4 is 10.1 Å². The molecule has 0 aromatic heterocycles. The van der Waals surface area contributed by atoms with E-state index in [1.807, 2.05) is 0 Å². The molecule has 0 bridgehead atoms. The number of thioether (sulfide) groups is 1. The standard InChI is InChI=1S/C20H18N2O5S/c1-2-15(19(25)26)27-16-9-4-3-6-12(16)10-17-18(24)22-20(28-17)21-13-7-5-8-14(23)11-13/h3-11,15,23H,2H2,1H3,(H,25,26)(H,21,22,24)/b17-10-. The molecule has 1 fully saturated rings. The summed E-state index contributed by atoms with van der Waals surface area (Å²) in [7, 11) is 0. The van der Waals surface area contributed by atoms with Crippen LogP contribution in [0, 0.1) is 0 Å². The molecule has 1 atom stereocenters. The van der Waals surface area contributed by atoms with Crippen molar-refractivity contribution in [2.75, 3.05) is 0 Å². The number of aliphatic carboxylic acids is 1. The highest BCUT2D eigenvalue weighted by Gasteiger charge is 2.25. The number of rotatable bonds is 6. The van der Waals surface area contributed by atoms with Crippen LogP contribution in [-0.2, 0) is 9.59 Å². The van der Waals surface area contributed by atoms with Crippen LogP contribution in [0.5, 0.6) is 11.5 Å². The number of aliphatic imine (C=N–C) groups is 1. The van der Waals surface area contributed by atoms with Gasteiger partial charge in [-0.1, -0.05) is 31.2 Å². The lowest BCUT2D eigenvalue weighted by Gasteiger charge is -2.15. The minimum Gasteiger partial charge on any atom is -0.508 e. The number of carbonyl (C=O) groups is 2. The molecular formula is C20H18N2O5S. The summed E-state index contributed by atoms with van der Waals surface area (Å²) in [4.78, 5) is 28.2. The Bertz CT molecular complexity index is 971. The molecule has 0 radical (unpaired) electrons. The normalized spacial score (nSPS) is 17.5. The SMILES string of the molecule is CCC(Oc1ccccc1/C=C1\SC(=Nc2cccc(O)c2)NC1=O)C(=O)O. The number of amides is 1. The fourth-order valence-corrected chi connectivity index (χ4v) is 3.30. The molecule has 1 heterocycles. The van der Waals surface area contributed by atoms with E-state index in [0.29, 0.717) is 33.5 Å². The lowest BCUT2D eigenvalue weighted by molar-refractivity contribution is -0.145. The number of hydrogen-bond acceptors (Lipinski definition) is 6. The minimum absolute atomic E-state index is 0.0851. The van der Waals surface area contributed by atoms with E-state index in [4.69, 9.17) is 4.74 Å². The molecule has 1 unspecified atom stereocenters. The van der Waals surface area contributed by atoms with Gasteiger partial charge in [0.25, 0.3) is 5.91 Å². The van der Waals surface area contributed by atoms with Crippen molar-refractivity contribution in [3.05, 3.63) is 59.0 Å². The van der Waals surface area contributed by atoms with Crippen LogP contribution in [0.3, 0.4) is 0 Å². The maximum absolute atomic E-state index is 12.3. The third-order valence-electron chi connectivity index (χ3n) is 3.83. The summed E-state index contributed by atoms with van der Waals surface area (Å²) in [6.45, 7) is 1.73. The number of nitrogens with zero attached hydrogens (tertiary/aromatic N) is 1. The lowest BCUT2D eigenvalue weighted by Crippen LogP contribution is -2.26. The highest BCUT2D eigenvalue weighted by molar-refractivity contribution is 8.18. The molecule has 1 aliphatic rings. The van der Waals surface area contributed by atoms with Crippen molar-refractivity contribution in [2.45, 2.75) is 19.4 Å². The molecule has 0 saturated carbocycles. The molecule has 1 aliphatic heterocycles. The van der Waals surface area contributed by atoms with Gasteiger partial charge in [-0.15, -0.1) is 0 Å². The summed E-state index contributed by atoms with van der Waals surface area (Å²) < 4.78 is 5.59. The number of benzene rings is 2. The molecule has 2 aromatic rings. The molecule has 0 aliphatic carbocycles. The summed E-state index contributed by atoms with van der Waals surface area (Å²) in [5.74, 6) is -0.889. The summed E-state index contributed by atoms with van der Waals surface area (Å²) >= 11 is 1.15. The van der Waals surface area contributed by atoms with Crippen molar-refractivity contribution in [3.8, 4) is 11.5 Å². The van der Waals surface area contributed by atoms with Crippen LogP contribution in [0.1, 0.15) is 18.9 Å². The van der Waals surface area contributed by atoms with Crippen molar-refractivity contribution in [3.63, 3.8) is 0 Å². The van der Waals surface area contributed by atoms with Gasteiger partial charge in [0, 0.05) is 11.6 Å². The molecule has 8 heteroatoms. The van der Waals surface area contributed by atoms with Crippen LogP contribution in [-0.4, -0.2) is 33.4 Å². The second kappa shape index (κ2) is 8.62. The Morgan fingerprint density at radius 3 is 2.79 bits per heavy atom. The quantitative estimate of drug-likeness (QED) is 0.643. The molecule has 7 nitrogen and oxygen atoms in total. The second-order valence-electron chi connectivity index (χ2n) is 5.89. The Morgan fingerprint density at radius 1 is 1.29 bits per heavy atom. The number of amidine groups is 1. The zero-order valence-electron chi connectivity index (χ0n) is 15.0. The van der Waals surface area contributed by atoms with Gasteiger partial charge in [0.1, 0.15) is 11.5 Å². The van der Waals surface area contributed by atoms with Crippen molar-refractivity contribution in [1.82, 2.24) is 5.32 Å². The van der Waals surface area contributed by atoms with E-state index in [1.165, 1.54) is 12.1 Å². The zero-order chi connectivity index (χ0) is 20.1. The molecular weight excluding hydrogens is 380 g/mol. The molecule has 28 heavy (non-hydrogen) atoms. The minimum atomic E-state index is -1.04.